The van der Waals surface area contributed by atoms with E-state index in [9.17, 15) is 14.7 Å². The first-order chi connectivity index (χ1) is 13.9. The molecule has 2 aromatic carbocycles. The Labute approximate surface area is 173 Å². The van der Waals surface area contributed by atoms with Gasteiger partial charge >= 0.3 is 0 Å². The van der Waals surface area contributed by atoms with Crippen molar-refractivity contribution in [2.24, 2.45) is 0 Å². The Morgan fingerprint density at radius 1 is 1.10 bits per heavy atom. The maximum Gasteiger partial charge on any atom is 0.254 e. The summed E-state index contributed by atoms with van der Waals surface area (Å²) < 4.78 is 0. The molecule has 2 N–H and O–H groups in total. The van der Waals surface area contributed by atoms with Crippen LogP contribution in [0.25, 0.3) is 0 Å². The maximum absolute atomic E-state index is 12.8. The maximum atomic E-state index is 12.8. The van der Waals surface area contributed by atoms with Gasteiger partial charge in [0.1, 0.15) is 6.04 Å². The standard InChI is InChI=1S/C22H26N2O3.C2H6/c1-15-8-10-17(11-9-15)12-16(2)23-21(26)20-13-19(25)14-24(20)22(27)18-6-4-3-5-7-18;1-2/h3-11,16,19-20,25H,12-14H2,1-2H3,(H,23,26);1-2H3/t16-,19+,20-;/m0./s1. The summed E-state index contributed by atoms with van der Waals surface area (Å²) in [6.07, 6.45) is 0.302. The summed E-state index contributed by atoms with van der Waals surface area (Å²) >= 11 is 0. The Balaban J connectivity index is 0.00000145. The van der Waals surface area contributed by atoms with E-state index in [4.69, 9.17) is 0 Å². The van der Waals surface area contributed by atoms with Crippen LogP contribution in [-0.4, -0.2) is 46.6 Å². The van der Waals surface area contributed by atoms with E-state index >= 15 is 0 Å². The fourth-order valence-electron chi connectivity index (χ4n) is 3.50. The van der Waals surface area contributed by atoms with E-state index in [1.165, 1.54) is 10.5 Å². The van der Waals surface area contributed by atoms with E-state index in [-0.39, 0.29) is 30.8 Å². The number of nitrogens with one attached hydrogen (secondary N) is 1. The first-order valence-corrected chi connectivity index (χ1v) is 10.3. The molecular weight excluding hydrogens is 364 g/mol. The van der Waals surface area contributed by atoms with Gasteiger partial charge in [-0.1, -0.05) is 61.9 Å². The average molecular weight is 397 g/mol. The van der Waals surface area contributed by atoms with Gasteiger partial charge in [-0.3, -0.25) is 9.59 Å². The molecule has 1 aliphatic rings. The smallest absolute Gasteiger partial charge is 0.254 e. The minimum Gasteiger partial charge on any atom is -0.391 e. The van der Waals surface area contributed by atoms with Crippen molar-refractivity contribution >= 4 is 11.8 Å². The lowest BCUT2D eigenvalue weighted by Crippen LogP contribution is -2.48. The van der Waals surface area contributed by atoms with Crippen molar-refractivity contribution in [3.05, 3.63) is 71.3 Å². The molecule has 3 rings (SSSR count). The number of aliphatic hydroxyl groups is 1. The number of hydrogen-bond acceptors (Lipinski definition) is 3. The second-order valence-electron chi connectivity index (χ2n) is 7.33. The topological polar surface area (TPSA) is 69.6 Å². The number of nitrogens with zero attached hydrogens (tertiary/aromatic N) is 1. The molecule has 0 spiro atoms. The molecule has 2 amide bonds. The van der Waals surface area contributed by atoms with Gasteiger partial charge in [0.2, 0.25) is 5.91 Å². The van der Waals surface area contributed by atoms with Gasteiger partial charge in [0.25, 0.3) is 5.91 Å². The zero-order chi connectivity index (χ0) is 21.4. The van der Waals surface area contributed by atoms with Crippen molar-refractivity contribution in [1.82, 2.24) is 10.2 Å². The number of amides is 2. The van der Waals surface area contributed by atoms with Crippen LogP contribution in [0.2, 0.25) is 0 Å². The van der Waals surface area contributed by atoms with Crippen molar-refractivity contribution in [2.45, 2.75) is 58.7 Å². The monoisotopic (exact) mass is 396 g/mol. The van der Waals surface area contributed by atoms with E-state index in [1.54, 1.807) is 24.3 Å². The molecule has 2 aromatic rings. The number of benzene rings is 2. The molecule has 1 saturated heterocycles. The number of likely N-dealkylation sites (tertiary alicyclic amines) is 1. The fourth-order valence-corrected chi connectivity index (χ4v) is 3.50. The van der Waals surface area contributed by atoms with Crippen LogP contribution in [-0.2, 0) is 11.2 Å². The van der Waals surface area contributed by atoms with Gasteiger partial charge in [0, 0.05) is 24.6 Å². The minimum absolute atomic E-state index is 0.0633. The first-order valence-electron chi connectivity index (χ1n) is 10.3. The molecule has 0 aliphatic carbocycles. The molecule has 5 nitrogen and oxygen atoms in total. The van der Waals surface area contributed by atoms with Crippen LogP contribution in [0.4, 0.5) is 0 Å². The van der Waals surface area contributed by atoms with Crippen molar-refractivity contribution in [3.63, 3.8) is 0 Å². The second-order valence-corrected chi connectivity index (χ2v) is 7.33. The quantitative estimate of drug-likeness (QED) is 0.814. The molecule has 0 unspecified atom stereocenters. The summed E-state index contributed by atoms with van der Waals surface area (Å²) in [5, 5.41) is 13.0. The SMILES string of the molecule is CC.Cc1ccc(C[C@H](C)NC(=O)[C@@H]2C[C@@H](O)CN2C(=O)c2ccccc2)cc1. The van der Waals surface area contributed by atoms with E-state index in [0.717, 1.165) is 5.56 Å². The van der Waals surface area contributed by atoms with Gasteiger partial charge in [-0.2, -0.15) is 0 Å². The van der Waals surface area contributed by atoms with Crippen LogP contribution in [0.3, 0.4) is 0 Å². The summed E-state index contributed by atoms with van der Waals surface area (Å²) in [5.74, 6) is -0.436. The van der Waals surface area contributed by atoms with Crippen LogP contribution >= 0.6 is 0 Å². The molecule has 156 valence electrons. The van der Waals surface area contributed by atoms with Gasteiger partial charge in [-0.15, -0.1) is 0 Å². The minimum atomic E-state index is -0.680. The van der Waals surface area contributed by atoms with Gasteiger partial charge in [-0.25, -0.2) is 0 Å². The fraction of sp³-hybridized carbons (Fsp3) is 0.417. The van der Waals surface area contributed by atoms with Gasteiger partial charge in [0.15, 0.2) is 0 Å². The number of hydrogen-bond donors (Lipinski definition) is 2. The summed E-state index contributed by atoms with van der Waals surface area (Å²) in [5.41, 5.74) is 2.87. The zero-order valence-corrected chi connectivity index (χ0v) is 17.8. The summed E-state index contributed by atoms with van der Waals surface area (Å²) in [7, 11) is 0. The highest BCUT2D eigenvalue weighted by Gasteiger charge is 2.39. The van der Waals surface area contributed by atoms with E-state index < -0.39 is 12.1 Å². The number of carbonyl (C=O) groups excluding carboxylic acids is 2. The van der Waals surface area contributed by atoms with Gasteiger partial charge in [0.05, 0.1) is 6.10 Å². The zero-order valence-electron chi connectivity index (χ0n) is 17.8. The second kappa shape index (κ2) is 10.8. The van der Waals surface area contributed by atoms with Crippen LogP contribution < -0.4 is 5.32 Å². The normalized spacial score (nSPS) is 19.1. The third kappa shape index (κ3) is 6.16. The Kier molecular flexibility index (Phi) is 8.40. The van der Waals surface area contributed by atoms with Crippen LogP contribution in [0.5, 0.6) is 0 Å². The lowest BCUT2D eigenvalue weighted by molar-refractivity contribution is -0.125. The highest BCUT2D eigenvalue weighted by molar-refractivity contribution is 5.98. The summed E-state index contributed by atoms with van der Waals surface area (Å²) in [6, 6.07) is 16.4. The van der Waals surface area contributed by atoms with E-state index in [0.29, 0.717) is 12.0 Å². The van der Waals surface area contributed by atoms with Crippen molar-refractivity contribution < 1.29 is 14.7 Å². The molecule has 29 heavy (non-hydrogen) atoms. The molecule has 3 atom stereocenters. The molecule has 1 fully saturated rings. The average Bonchev–Trinajstić information content (AvgIpc) is 3.13. The van der Waals surface area contributed by atoms with Crippen molar-refractivity contribution in [2.75, 3.05) is 6.54 Å². The van der Waals surface area contributed by atoms with Gasteiger partial charge in [-0.05, 0) is 38.0 Å². The summed E-state index contributed by atoms with van der Waals surface area (Å²) in [6.45, 7) is 8.17. The Morgan fingerprint density at radius 2 is 1.72 bits per heavy atom. The van der Waals surface area contributed by atoms with Crippen LogP contribution in [0.15, 0.2) is 54.6 Å². The lowest BCUT2D eigenvalue weighted by atomic mass is 10.0. The number of aryl methyl sites for hydroxylation is 1. The Morgan fingerprint density at radius 3 is 2.34 bits per heavy atom. The van der Waals surface area contributed by atoms with Crippen LogP contribution in [0, 0.1) is 6.92 Å². The first kappa shape index (κ1) is 22.6. The molecule has 1 aliphatic heterocycles. The van der Waals surface area contributed by atoms with Crippen molar-refractivity contribution in [3.8, 4) is 0 Å². The number of aliphatic hydroxyl groups excluding tert-OH is 1. The molecule has 0 aromatic heterocycles. The Bertz CT molecular complexity index is 790. The predicted octanol–water partition coefficient (Wildman–Crippen LogP) is 3.34. The van der Waals surface area contributed by atoms with Crippen LogP contribution in [0.1, 0.15) is 48.7 Å². The Hall–Kier alpha value is -2.66. The molecule has 0 bridgehead atoms. The number of β-amino-alcohol motifs (C(OH)–C–C–N with tert-alkyl or cyclic N) is 1. The predicted molar refractivity (Wildman–Crippen MR) is 116 cm³/mol. The molecule has 5 heteroatoms. The largest absolute Gasteiger partial charge is 0.391 e. The van der Waals surface area contributed by atoms with E-state index in [1.807, 2.05) is 33.8 Å². The third-order valence-electron chi connectivity index (χ3n) is 4.91. The molecule has 0 radical (unpaired) electrons. The highest BCUT2D eigenvalue weighted by Crippen LogP contribution is 2.21. The molecule has 0 saturated carbocycles. The van der Waals surface area contributed by atoms with Crippen molar-refractivity contribution in [1.29, 1.82) is 0 Å². The third-order valence-corrected chi connectivity index (χ3v) is 4.91. The molecular formula is C24H32N2O3. The molecule has 1 heterocycles. The summed E-state index contributed by atoms with van der Waals surface area (Å²) in [4.78, 5) is 27.0. The van der Waals surface area contributed by atoms with E-state index in [2.05, 4.69) is 29.6 Å². The van der Waals surface area contributed by atoms with Gasteiger partial charge < -0.3 is 15.3 Å². The number of rotatable bonds is 5. The number of carbonyl (C=O) groups is 2. The lowest BCUT2D eigenvalue weighted by Gasteiger charge is -2.25. The highest BCUT2D eigenvalue weighted by atomic mass is 16.3.